The first kappa shape index (κ1) is 18.4. The van der Waals surface area contributed by atoms with Gasteiger partial charge < -0.3 is 9.47 Å². The van der Waals surface area contributed by atoms with E-state index >= 15 is 0 Å². The maximum absolute atomic E-state index is 12.8. The second kappa shape index (κ2) is 8.24. The van der Waals surface area contributed by atoms with Crippen molar-refractivity contribution in [1.29, 1.82) is 0 Å². The number of rotatable bonds is 8. The molecule has 1 aliphatic heterocycles. The summed E-state index contributed by atoms with van der Waals surface area (Å²) in [5.41, 5.74) is 2.40. The summed E-state index contributed by atoms with van der Waals surface area (Å²) in [5.74, 6) is 0.239. The molecular weight excluding hydrogens is 314 g/mol. The van der Waals surface area contributed by atoms with Crippen molar-refractivity contribution in [2.75, 3.05) is 39.2 Å². The standard InChI is InChI=1S/C17H27NO4S/c1-14(2)17-16-7-5-4-6-15(16)8-9-18(17)23(19,20)13-12-22-11-10-21-3/h4-7,14,17H,8-13H2,1-3H3. The van der Waals surface area contributed by atoms with Gasteiger partial charge in [0.2, 0.25) is 10.0 Å². The lowest BCUT2D eigenvalue weighted by Gasteiger charge is -2.38. The lowest BCUT2D eigenvalue weighted by atomic mass is 9.88. The maximum atomic E-state index is 12.8. The summed E-state index contributed by atoms with van der Waals surface area (Å²) in [4.78, 5) is 0. The second-order valence-corrected chi connectivity index (χ2v) is 8.21. The van der Waals surface area contributed by atoms with Crippen molar-refractivity contribution in [3.8, 4) is 0 Å². The van der Waals surface area contributed by atoms with Crippen molar-refractivity contribution in [2.45, 2.75) is 26.3 Å². The molecule has 0 bridgehead atoms. The zero-order valence-electron chi connectivity index (χ0n) is 14.2. The molecule has 130 valence electrons. The van der Waals surface area contributed by atoms with Crippen molar-refractivity contribution in [1.82, 2.24) is 4.31 Å². The highest BCUT2D eigenvalue weighted by Gasteiger charge is 2.36. The second-order valence-electron chi connectivity index (χ2n) is 6.17. The highest BCUT2D eigenvalue weighted by molar-refractivity contribution is 7.89. The van der Waals surface area contributed by atoms with Crippen LogP contribution in [0.1, 0.15) is 31.0 Å². The molecule has 0 aromatic heterocycles. The normalized spacial score (nSPS) is 19.0. The Morgan fingerprint density at radius 1 is 1.22 bits per heavy atom. The van der Waals surface area contributed by atoms with Gasteiger partial charge in [0.05, 0.1) is 31.6 Å². The molecule has 0 radical (unpaired) electrons. The molecule has 0 spiro atoms. The number of ether oxygens (including phenoxy) is 2. The van der Waals surface area contributed by atoms with Crippen LogP contribution in [0.5, 0.6) is 0 Å². The zero-order chi connectivity index (χ0) is 16.9. The minimum absolute atomic E-state index is 0.0160. The zero-order valence-corrected chi connectivity index (χ0v) is 15.0. The Labute approximate surface area is 139 Å². The van der Waals surface area contributed by atoms with Crippen molar-refractivity contribution < 1.29 is 17.9 Å². The van der Waals surface area contributed by atoms with E-state index in [1.165, 1.54) is 5.56 Å². The molecular formula is C17H27NO4S. The highest BCUT2D eigenvalue weighted by atomic mass is 32.2. The monoisotopic (exact) mass is 341 g/mol. The third-order valence-corrected chi connectivity index (χ3v) is 6.00. The average Bonchev–Trinajstić information content (AvgIpc) is 2.53. The molecule has 0 fully saturated rings. The average molecular weight is 341 g/mol. The lowest BCUT2D eigenvalue weighted by molar-refractivity contribution is 0.0779. The number of methoxy groups -OCH3 is 1. The fourth-order valence-corrected chi connectivity index (χ4v) is 4.74. The van der Waals surface area contributed by atoms with Crippen LogP contribution in [0, 0.1) is 5.92 Å². The van der Waals surface area contributed by atoms with E-state index in [-0.39, 0.29) is 24.3 Å². The molecule has 0 saturated carbocycles. The van der Waals surface area contributed by atoms with Gasteiger partial charge in [-0.05, 0) is 23.5 Å². The predicted molar refractivity (Wildman–Crippen MR) is 90.9 cm³/mol. The van der Waals surface area contributed by atoms with Crippen LogP contribution in [-0.4, -0.2) is 52.0 Å². The van der Waals surface area contributed by atoms with Gasteiger partial charge in [-0.3, -0.25) is 0 Å². The van der Waals surface area contributed by atoms with Crippen LogP contribution in [0.3, 0.4) is 0 Å². The van der Waals surface area contributed by atoms with E-state index in [1.807, 2.05) is 12.1 Å². The summed E-state index contributed by atoms with van der Waals surface area (Å²) in [6.45, 7) is 5.79. The van der Waals surface area contributed by atoms with Crippen molar-refractivity contribution in [3.63, 3.8) is 0 Å². The topological polar surface area (TPSA) is 55.8 Å². The van der Waals surface area contributed by atoms with Gasteiger partial charge in [0.1, 0.15) is 0 Å². The number of nitrogens with zero attached hydrogens (tertiary/aromatic N) is 1. The molecule has 1 heterocycles. The van der Waals surface area contributed by atoms with Gasteiger partial charge in [0.15, 0.2) is 0 Å². The first-order valence-electron chi connectivity index (χ1n) is 8.11. The summed E-state index contributed by atoms with van der Waals surface area (Å²) in [5, 5.41) is 0. The first-order chi connectivity index (χ1) is 11.0. The molecule has 0 saturated heterocycles. The van der Waals surface area contributed by atoms with Crippen LogP contribution >= 0.6 is 0 Å². The van der Waals surface area contributed by atoms with Crippen LogP contribution in [0.15, 0.2) is 24.3 Å². The Balaban J connectivity index is 2.11. The van der Waals surface area contributed by atoms with Crippen LogP contribution < -0.4 is 0 Å². The van der Waals surface area contributed by atoms with Gasteiger partial charge in [-0.25, -0.2) is 8.42 Å². The van der Waals surface area contributed by atoms with E-state index in [2.05, 4.69) is 26.0 Å². The largest absolute Gasteiger partial charge is 0.382 e. The number of sulfonamides is 1. The van der Waals surface area contributed by atoms with E-state index in [4.69, 9.17) is 9.47 Å². The summed E-state index contributed by atoms with van der Waals surface area (Å²) < 4.78 is 37.4. The fourth-order valence-electron chi connectivity index (χ4n) is 3.10. The van der Waals surface area contributed by atoms with Crippen molar-refractivity contribution in [3.05, 3.63) is 35.4 Å². The number of benzene rings is 1. The van der Waals surface area contributed by atoms with Gasteiger partial charge in [-0.15, -0.1) is 0 Å². The number of hydrogen-bond acceptors (Lipinski definition) is 4. The van der Waals surface area contributed by atoms with E-state index in [1.54, 1.807) is 11.4 Å². The van der Waals surface area contributed by atoms with E-state index in [0.29, 0.717) is 19.8 Å². The fraction of sp³-hybridized carbons (Fsp3) is 0.647. The van der Waals surface area contributed by atoms with Crippen molar-refractivity contribution in [2.24, 2.45) is 5.92 Å². The maximum Gasteiger partial charge on any atom is 0.216 e. The molecule has 23 heavy (non-hydrogen) atoms. The van der Waals surface area contributed by atoms with E-state index in [9.17, 15) is 8.42 Å². The molecule has 6 heteroatoms. The number of fused-ring (bicyclic) bond motifs is 1. The van der Waals surface area contributed by atoms with E-state index in [0.717, 1.165) is 12.0 Å². The Morgan fingerprint density at radius 2 is 1.96 bits per heavy atom. The first-order valence-corrected chi connectivity index (χ1v) is 9.72. The molecule has 1 unspecified atom stereocenters. The van der Waals surface area contributed by atoms with Gasteiger partial charge in [-0.2, -0.15) is 4.31 Å². The Morgan fingerprint density at radius 3 is 2.65 bits per heavy atom. The van der Waals surface area contributed by atoms with Crippen molar-refractivity contribution >= 4 is 10.0 Å². The van der Waals surface area contributed by atoms with Crippen LogP contribution in [0.25, 0.3) is 0 Å². The summed E-state index contributed by atoms with van der Waals surface area (Å²) >= 11 is 0. The van der Waals surface area contributed by atoms with Crippen LogP contribution in [-0.2, 0) is 25.9 Å². The Kier molecular flexibility index (Phi) is 6.59. The highest BCUT2D eigenvalue weighted by Crippen LogP contribution is 2.36. The minimum atomic E-state index is -3.34. The van der Waals surface area contributed by atoms with Gasteiger partial charge >= 0.3 is 0 Å². The Bertz CT molecular complexity index is 600. The summed E-state index contributed by atoms with van der Waals surface area (Å²) in [7, 11) is -1.74. The smallest absolute Gasteiger partial charge is 0.216 e. The van der Waals surface area contributed by atoms with E-state index < -0.39 is 10.0 Å². The molecule has 0 amide bonds. The minimum Gasteiger partial charge on any atom is -0.382 e. The van der Waals surface area contributed by atoms with Gasteiger partial charge in [0.25, 0.3) is 0 Å². The molecule has 1 aromatic carbocycles. The molecule has 0 N–H and O–H groups in total. The summed E-state index contributed by atoms with van der Waals surface area (Å²) in [6.07, 6.45) is 0.767. The molecule has 1 atom stereocenters. The van der Waals surface area contributed by atoms with Gasteiger partial charge in [0, 0.05) is 13.7 Å². The molecule has 1 aromatic rings. The quantitative estimate of drug-likeness (QED) is 0.681. The molecule has 5 nitrogen and oxygen atoms in total. The van der Waals surface area contributed by atoms with Crippen LogP contribution in [0.4, 0.5) is 0 Å². The summed E-state index contributed by atoms with van der Waals surface area (Å²) in [6, 6.07) is 8.06. The third-order valence-electron chi connectivity index (χ3n) is 4.19. The third kappa shape index (κ3) is 4.53. The predicted octanol–water partition coefficient (Wildman–Crippen LogP) is 2.23. The SMILES string of the molecule is COCCOCCS(=O)(=O)N1CCc2ccccc2C1C(C)C. The molecule has 2 rings (SSSR count). The number of hydrogen-bond donors (Lipinski definition) is 0. The Hall–Kier alpha value is -0.950. The van der Waals surface area contributed by atoms with Gasteiger partial charge in [-0.1, -0.05) is 38.1 Å². The molecule has 0 aliphatic carbocycles. The lowest BCUT2D eigenvalue weighted by Crippen LogP contribution is -2.43. The van der Waals surface area contributed by atoms with Crippen LogP contribution in [0.2, 0.25) is 0 Å². The molecule has 1 aliphatic rings.